The van der Waals surface area contributed by atoms with Crippen LogP contribution in [0.4, 0.5) is 5.69 Å². The smallest absolute Gasteiger partial charge is 0.312 e. The van der Waals surface area contributed by atoms with Gasteiger partial charge in [-0.15, -0.1) is 23.5 Å². The molecule has 2 aromatic carbocycles. The monoisotopic (exact) mass is 377 g/mol. The third-order valence-corrected chi connectivity index (χ3v) is 6.67. The lowest BCUT2D eigenvalue weighted by molar-refractivity contribution is -0.385. The quantitative estimate of drug-likeness (QED) is 0.267. The first-order valence-corrected chi connectivity index (χ1v) is 9.45. The number of thioether (sulfide) groups is 2. The van der Waals surface area contributed by atoms with Crippen molar-refractivity contribution in [1.82, 2.24) is 0 Å². The van der Waals surface area contributed by atoms with E-state index < -0.39 is 4.92 Å². The molecule has 3 N–H and O–H groups in total. The van der Waals surface area contributed by atoms with Gasteiger partial charge in [-0.05, 0) is 29.8 Å². The average Bonchev–Trinajstić information content (AvgIpc) is 3.16. The molecule has 1 heterocycles. The van der Waals surface area contributed by atoms with Crippen LogP contribution in [0.15, 0.2) is 47.6 Å². The standard InChI is InChI=1S/C16H15N3O4S2/c17-15(18-20)11-3-6-14(13(9-11)19(21)22)23-12-4-1-10(2-5-12)16-24-7-8-25-16/h1-6,9,16,20H,7-8H2,(H2,17,18). The molecule has 1 fully saturated rings. The van der Waals surface area contributed by atoms with Gasteiger partial charge in [-0.2, -0.15) is 0 Å². The van der Waals surface area contributed by atoms with Crippen LogP contribution in [0.5, 0.6) is 11.5 Å². The van der Waals surface area contributed by atoms with E-state index in [1.807, 2.05) is 35.7 Å². The Morgan fingerprint density at radius 3 is 2.52 bits per heavy atom. The van der Waals surface area contributed by atoms with E-state index in [2.05, 4.69) is 5.16 Å². The lowest BCUT2D eigenvalue weighted by Gasteiger charge is -2.11. The van der Waals surface area contributed by atoms with Crippen LogP contribution in [0.3, 0.4) is 0 Å². The minimum absolute atomic E-state index is 0.0943. The first-order valence-electron chi connectivity index (χ1n) is 7.36. The van der Waals surface area contributed by atoms with Crippen LogP contribution < -0.4 is 10.5 Å². The number of hydrogen-bond donors (Lipinski definition) is 2. The maximum Gasteiger partial charge on any atom is 0.312 e. The Balaban J connectivity index is 1.83. The largest absolute Gasteiger partial charge is 0.450 e. The Kier molecular flexibility index (Phi) is 5.34. The first kappa shape index (κ1) is 17.4. The molecule has 25 heavy (non-hydrogen) atoms. The molecule has 0 unspecified atom stereocenters. The van der Waals surface area contributed by atoms with Crippen molar-refractivity contribution in [1.29, 1.82) is 0 Å². The maximum absolute atomic E-state index is 11.3. The SMILES string of the molecule is N/C(=N/O)c1ccc(Oc2ccc(C3SCCS3)cc2)c([N+](=O)[O-])c1. The highest BCUT2D eigenvalue weighted by Crippen LogP contribution is 2.45. The Morgan fingerprint density at radius 1 is 1.24 bits per heavy atom. The third kappa shape index (κ3) is 3.99. The topological polar surface area (TPSA) is 111 Å². The maximum atomic E-state index is 11.3. The number of oxime groups is 1. The number of amidine groups is 1. The summed E-state index contributed by atoms with van der Waals surface area (Å²) in [5.41, 5.74) is 6.67. The van der Waals surface area contributed by atoms with Crippen molar-refractivity contribution < 1.29 is 14.9 Å². The van der Waals surface area contributed by atoms with Crippen molar-refractivity contribution in [2.24, 2.45) is 10.9 Å². The van der Waals surface area contributed by atoms with E-state index >= 15 is 0 Å². The lowest BCUT2D eigenvalue weighted by atomic mass is 10.1. The zero-order valence-corrected chi connectivity index (χ0v) is 14.6. The minimum atomic E-state index is -0.566. The Morgan fingerprint density at radius 2 is 1.92 bits per heavy atom. The van der Waals surface area contributed by atoms with Gasteiger partial charge in [0.25, 0.3) is 0 Å². The Bertz CT molecular complexity index is 806. The van der Waals surface area contributed by atoms with E-state index in [-0.39, 0.29) is 22.8 Å². The van der Waals surface area contributed by atoms with Gasteiger partial charge in [0.2, 0.25) is 5.75 Å². The molecular formula is C16H15N3O4S2. The zero-order valence-electron chi connectivity index (χ0n) is 13.0. The number of nitrogens with two attached hydrogens (primary N) is 1. The molecule has 0 aliphatic carbocycles. The number of nitrogens with zero attached hydrogens (tertiary/aromatic N) is 2. The summed E-state index contributed by atoms with van der Waals surface area (Å²) in [7, 11) is 0. The van der Waals surface area contributed by atoms with Crippen LogP contribution in [0.1, 0.15) is 15.7 Å². The van der Waals surface area contributed by atoms with Crippen LogP contribution in [-0.4, -0.2) is 27.5 Å². The molecule has 0 radical (unpaired) electrons. The third-order valence-electron chi connectivity index (χ3n) is 3.56. The summed E-state index contributed by atoms with van der Waals surface area (Å²) in [6.45, 7) is 0. The second-order valence-corrected chi connectivity index (χ2v) is 7.89. The highest BCUT2D eigenvalue weighted by Gasteiger charge is 2.20. The Hall–Kier alpha value is -2.39. The molecule has 1 saturated heterocycles. The normalized spacial score (nSPS) is 15.3. The Labute approximate surface area is 152 Å². The molecule has 9 heteroatoms. The van der Waals surface area contributed by atoms with Gasteiger partial charge in [-0.1, -0.05) is 17.3 Å². The van der Waals surface area contributed by atoms with Gasteiger partial charge in [0.05, 0.1) is 9.51 Å². The van der Waals surface area contributed by atoms with Crippen LogP contribution in [-0.2, 0) is 0 Å². The minimum Gasteiger partial charge on any atom is -0.450 e. The van der Waals surface area contributed by atoms with Gasteiger partial charge in [-0.3, -0.25) is 10.1 Å². The van der Waals surface area contributed by atoms with Gasteiger partial charge in [0.1, 0.15) is 5.75 Å². The number of ether oxygens (including phenoxy) is 1. The predicted molar refractivity (Wildman–Crippen MR) is 99.8 cm³/mol. The highest BCUT2D eigenvalue weighted by molar-refractivity contribution is 8.19. The molecule has 0 amide bonds. The van der Waals surface area contributed by atoms with Crippen LogP contribution >= 0.6 is 23.5 Å². The van der Waals surface area contributed by atoms with Gasteiger partial charge < -0.3 is 15.7 Å². The number of nitro benzene ring substituents is 1. The predicted octanol–water partition coefficient (Wildman–Crippen LogP) is 3.96. The summed E-state index contributed by atoms with van der Waals surface area (Å²) in [4.78, 5) is 10.7. The van der Waals surface area contributed by atoms with Crippen molar-refractivity contribution >= 4 is 35.0 Å². The molecule has 1 aliphatic heterocycles. The fourth-order valence-electron chi connectivity index (χ4n) is 2.33. The zero-order chi connectivity index (χ0) is 17.8. The summed E-state index contributed by atoms with van der Waals surface area (Å²) < 4.78 is 6.09. The molecule has 0 bridgehead atoms. The van der Waals surface area contributed by atoms with Crippen molar-refractivity contribution in [2.75, 3.05) is 11.5 Å². The fraction of sp³-hybridized carbons (Fsp3) is 0.188. The molecule has 7 nitrogen and oxygen atoms in total. The molecule has 2 aromatic rings. The number of rotatable bonds is 5. The van der Waals surface area contributed by atoms with Crippen molar-refractivity contribution in [3.8, 4) is 11.5 Å². The first-order chi connectivity index (χ1) is 12.1. The van der Waals surface area contributed by atoms with Crippen LogP contribution in [0.25, 0.3) is 0 Å². The van der Waals surface area contributed by atoms with E-state index in [0.29, 0.717) is 10.3 Å². The van der Waals surface area contributed by atoms with E-state index in [1.54, 1.807) is 12.1 Å². The van der Waals surface area contributed by atoms with Crippen LogP contribution in [0.2, 0.25) is 0 Å². The van der Waals surface area contributed by atoms with E-state index in [4.69, 9.17) is 15.7 Å². The molecule has 130 valence electrons. The molecule has 0 spiro atoms. The molecule has 0 aromatic heterocycles. The summed E-state index contributed by atoms with van der Waals surface area (Å²) in [5, 5.41) is 22.8. The fourth-order valence-corrected chi connectivity index (χ4v) is 5.19. The second-order valence-electron chi connectivity index (χ2n) is 5.17. The summed E-state index contributed by atoms with van der Waals surface area (Å²) >= 11 is 3.81. The van der Waals surface area contributed by atoms with E-state index in [0.717, 1.165) is 11.5 Å². The second kappa shape index (κ2) is 7.66. The molecule has 0 atom stereocenters. The van der Waals surface area contributed by atoms with Crippen LogP contribution in [0, 0.1) is 10.1 Å². The summed E-state index contributed by atoms with van der Waals surface area (Å²) in [6, 6.07) is 11.7. The highest BCUT2D eigenvalue weighted by atomic mass is 32.2. The molecule has 3 rings (SSSR count). The molecular weight excluding hydrogens is 362 g/mol. The van der Waals surface area contributed by atoms with Gasteiger partial charge in [0.15, 0.2) is 5.84 Å². The number of nitro groups is 1. The van der Waals surface area contributed by atoms with Crippen molar-refractivity contribution in [3.05, 3.63) is 63.7 Å². The summed E-state index contributed by atoms with van der Waals surface area (Å²) in [6.07, 6.45) is 0. The van der Waals surface area contributed by atoms with E-state index in [1.165, 1.54) is 23.8 Å². The van der Waals surface area contributed by atoms with Gasteiger partial charge in [-0.25, -0.2) is 0 Å². The van der Waals surface area contributed by atoms with E-state index in [9.17, 15) is 10.1 Å². The van der Waals surface area contributed by atoms with Crippen molar-refractivity contribution in [2.45, 2.75) is 4.58 Å². The molecule has 0 saturated carbocycles. The summed E-state index contributed by atoms with van der Waals surface area (Å²) in [5.74, 6) is 2.69. The molecule has 1 aliphatic rings. The lowest BCUT2D eigenvalue weighted by Crippen LogP contribution is -2.13. The number of hydrogen-bond acceptors (Lipinski definition) is 7. The average molecular weight is 377 g/mol. The van der Waals surface area contributed by atoms with Crippen molar-refractivity contribution in [3.63, 3.8) is 0 Å². The van der Waals surface area contributed by atoms with Gasteiger partial charge in [0, 0.05) is 23.1 Å². The van der Waals surface area contributed by atoms with Gasteiger partial charge >= 0.3 is 5.69 Å². The number of benzene rings is 2.